The number of ether oxygens (including phenoxy) is 1. The third kappa shape index (κ3) is 10.0. The first-order valence-electron chi connectivity index (χ1n) is 18.0. The van der Waals surface area contributed by atoms with Crippen LogP contribution in [0.3, 0.4) is 0 Å². The number of fused-ring (bicyclic) bond motifs is 2. The smallest absolute Gasteiger partial charge is 0.410 e. The highest BCUT2D eigenvalue weighted by Gasteiger charge is 2.26. The fraction of sp³-hybridized carbons (Fsp3) is 0.341. The molecule has 280 valence electrons. The minimum absolute atomic E-state index is 0. The van der Waals surface area contributed by atoms with Crippen molar-refractivity contribution in [1.29, 1.82) is 0 Å². The molecule has 53 heavy (non-hydrogen) atoms. The Kier molecular flexibility index (Phi) is 13.3. The second-order valence-electron chi connectivity index (χ2n) is 14.3. The fourth-order valence-electron chi connectivity index (χ4n) is 6.77. The average Bonchev–Trinajstić information content (AvgIpc) is 3.75. The Labute approximate surface area is 324 Å². The molecular formula is C41H50Cl2N8O2. The van der Waals surface area contributed by atoms with Crippen molar-refractivity contribution in [3.8, 4) is 0 Å². The van der Waals surface area contributed by atoms with Crippen LogP contribution in [0, 0.1) is 0 Å². The van der Waals surface area contributed by atoms with E-state index in [2.05, 4.69) is 120 Å². The quantitative estimate of drug-likeness (QED) is 0.161. The van der Waals surface area contributed by atoms with Gasteiger partial charge in [-0.25, -0.2) is 4.79 Å². The maximum Gasteiger partial charge on any atom is 0.410 e. The van der Waals surface area contributed by atoms with Crippen molar-refractivity contribution in [2.75, 3.05) is 62.2 Å². The summed E-state index contributed by atoms with van der Waals surface area (Å²) in [5.41, 5.74) is 8.87. The van der Waals surface area contributed by atoms with E-state index in [0.717, 1.165) is 79.9 Å². The summed E-state index contributed by atoms with van der Waals surface area (Å²) in [6, 6.07) is 34.0. The highest BCUT2D eigenvalue weighted by Crippen LogP contribution is 2.27. The second kappa shape index (κ2) is 17.8. The standard InChI is InChI=1S/C23H28N4O2.C18H20N4.2ClH/c1-23(2,3)29-22(28)27-13-11-26(12-14-27)18-9-10-19-20(24-25-21(19)16-18)15-17-7-5-4-6-8-17;1-2-4-14(5-3-1)12-17-16-7-6-15(13-18(16)21-20-17)22-10-8-19-9-11-22;;/h4-10,16H,11-15H2,1-3H3,(H,24,25);1-7,13,19H,8-12H2,(H,20,21);2*1H. The van der Waals surface area contributed by atoms with Crippen molar-refractivity contribution in [2.45, 2.75) is 39.2 Å². The van der Waals surface area contributed by atoms with Crippen LogP contribution in [0.4, 0.5) is 16.2 Å². The molecule has 0 aliphatic carbocycles. The van der Waals surface area contributed by atoms with E-state index in [-0.39, 0.29) is 30.9 Å². The number of aromatic nitrogens is 4. The Morgan fingerprint density at radius 1 is 0.642 bits per heavy atom. The predicted octanol–water partition coefficient (Wildman–Crippen LogP) is 7.62. The summed E-state index contributed by atoms with van der Waals surface area (Å²) in [5, 5.41) is 21.2. The molecule has 0 unspecified atom stereocenters. The second-order valence-corrected chi connectivity index (χ2v) is 14.3. The van der Waals surface area contributed by atoms with Crippen molar-refractivity contribution in [3.63, 3.8) is 0 Å². The van der Waals surface area contributed by atoms with Gasteiger partial charge in [0.25, 0.3) is 0 Å². The lowest BCUT2D eigenvalue weighted by Gasteiger charge is -2.36. The first kappa shape index (κ1) is 39.4. The zero-order valence-corrected chi connectivity index (χ0v) is 32.3. The van der Waals surface area contributed by atoms with Gasteiger partial charge in [-0.15, -0.1) is 24.8 Å². The first-order chi connectivity index (χ1) is 24.8. The van der Waals surface area contributed by atoms with Gasteiger partial charge in [-0.05, 0) is 68.3 Å². The summed E-state index contributed by atoms with van der Waals surface area (Å²) < 4.78 is 5.48. The van der Waals surface area contributed by atoms with E-state index in [1.165, 1.54) is 27.9 Å². The average molecular weight is 758 g/mol. The van der Waals surface area contributed by atoms with Gasteiger partial charge in [-0.2, -0.15) is 10.2 Å². The molecule has 6 aromatic rings. The largest absolute Gasteiger partial charge is 0.444 e. The highest BCUT2D eigenvalue weighted by molar-refractivity contribution is 5.86. The molecule has 1 amide bonds. The van der Waals surface area contributed by atoms with E-state index in [9.17, 15) is 4.79 Å². The number of aromatic amines is 2. The number of piperazine rings is 2. The number of amides is 1. The van der Waals surface area contributed by atoms with E-state index >= 15 is 0 Å². The predicted molar refractivity (Wildman–Crippen MR) is 220 cm³/mol. The van der Waals surface area contributed by atoms with Gasteiger partial charge in [-0.3, -0.25) is 10.2 Å². The number of carbonyl (C=O) groups is 1. The molecule has 4 heterocycles. The lowest BCUT2D eigenvalue weighted by atomic mass is 10.1. The SMILES string of the molecule is CC(C)(C)OC(=O)N1CCN(c2ccc3c(Cc4ccccc4)[nH]nc3c2)CC1.Cl.Cl.c1ccc(Cc2[nH]nc3cc(N4CCNCC4)ccc23)cc1. The molecule has 8 rings (SSSR count). The van der Waals surface area contributed by atoms with Crippen LogP contribution < -0.4 is 15.1 Å². The van der Waals surface area contributed by atoms with Crippen LogP contribution in [-0.4, -0.2) is 89.3 Å². The van der Waals surface area contributed by atoms with Gasteiger partial charge >= 0.3 is 6.09 Å². The molecule has 2 saturated heterocycles. The summed E-state index contributed by atoms with van der Waals surface area (Å²) in [4.78, 5) is 18.8. The Morgan fingerprint density at radius 2 is 1.09 bits per heavy atom. The van der Waals surface area contributed by atoms with E-state index in [1.807, 2.05) is 32.9 Å². The van der Waals surface area contributed by atoms with Gasteiger partial charge in [0.1, 0.15) is 5.60 Å². The van der Waals surface area contributed by atoms with Crippen molar-refractivity contribution < 1.29 is 9.53 Å². The lowest BCUT2D eigenvalue weighted by molar-refractivity contribution is 0.0240. The Bertz CT molecular complexity index is 2050. The third-order valence-electron chi connectivity index (χ3n) is 9.46. The number of hydrogen-bond acceptors (Lipinski definition) is 7. The fourth-order valence-corrected chi connectivity index (χ4v) is 6.77. The van der Waals surface area contributed by atoms with Crippen molar-refractivity contribution >= 4 is 64.1 Å². The monoisotopic (exact) mass is 756 g/mol. The van der Waals surface area contributed by atoms with Gasteiger partial charge in [0.05, 0.1) is 11.0 Å². The lowest BCUT2D eigenvalue weighted by Crippen LogP contribution is -2.50. The molecule has 2 fully saturated rings. The minimum Gasteiger partial charge on any atom is -0.444 e. The molecule has 3 N–H and O–H groups in total. The first-order valence-corrected chi connectivity index (χ1v) is 18.0. The van der Waals surface area contributed by atoms with Crippen molar-refractivity contribution in [1.82, 2.24) is 30.6 Å². The van der Waals surface area contributed by atoms with Crippen LogP contribution in [0.1, 0.15) is 43.3 Å². The summed E-state index contributed by atoms with van der Waals surface area (Å²) in [6.07, 6.45) is 1.50. The molecule has 10 nitrogen and oxygen atoms in total. The summed E-state index contributed by atoms with van der Waals surface area (Å²) >= 11 is 0. The molecule has 2 aliphatic heterocycles. The number of anilines is 2. The molecule has 0 saturated carbocycles. The molecule has 0 spiro atoms. The Morgan fingerprint density at radius 3 is 1.55 bits per heavy atom. The molecule has 2 aliphatic rings. The summed E-state index contributed by atoms with van der Waals surface area (Å²) in [5.74, 6) is 0. The molecule has 4 aromatic carbocycles. The molecule has 0 bridgehead atoms. The molecule has 12 heteroatoms. The van der Waals surface area contributed by atoms with Crippen LogP contribution in [0.5, 0.6) is 0 Å². The van der Waals surface area contributed by atoms with Crippen LogP contribution in [0.2, 0.25) is 0 Å². The minimum atomic E-state index is -0.462. The van der Waals surface area contributed by atoms with Crippen molar-refractivity contribution in [2.24, 2.45) is 0 Å². The highest BCUT2D eigenvalue weighted by atomic mass is 35.5. The molecule has 0 radical (unpaired) electrons. The molecular weight excluding hydrogens is 707 g/mol. The zero-order chi connectivity index (χ0) is 35.2. The number of nitrogens with one attached hydrogen (secondary N) is 3. The number of hydrogen-bond donors (Lipinski definition) is 3. The number of rotatable bonds is 6. The number of benzene rings is 4. The van der Waals surface area contributed by atoms with Crippen LogP contribution in [-0.2, 0) is 17.6 Å². The number of carbonyl (C=O) groups excluding carboxylic acids is 1. The van der Waals surface area contributed by atoms with E-state index in [1.54, 1.807) is 4.90 Å². The van der Waals surface area contributed by atoms with Crippen LogP contribution in [0.15, 0.2) is 97.1 Å². The Hall–Kier alpha value is -4.77. The van der Waals surface area contributed by atoms with Crippen LogP contribution in [0.25, 0.3) is 21.8 Å². The zero-order valence-electron chi connectivity index (χ0n) is 30.7. The molecule has 0 atom stereocenters. The number of halogens is 2. The van der Waals surface area contributed by atoms with Gasteiger partial charge < -0.3 is 24.8 Å². The summed E-state index contributed by atoms with van der Waals surface area (Å²) in [6.45, 7) is 12.8. The topological polar surface area (TPSA) is 105 Å². The van der Waals surface area contributed by atoms with Crippen LogP contribution >= 0.6 is 24.8 Å². The van der Waals surface area contributed by atoms with Gasteiger partial charge in [0, 0.05) is 98.7 Å². The number of nitrogens with zero attached hydrogens (tertiary/aromatic N) is 5. The summed E-state index contributed by atoms with van der Waals surface area (Å²) in [7, 11) is 0. The normalized spacial score (nSPS) is 14.6. The van der Waals surface area contributed by atoms with Gasteiger partial charge in [0.2, 0.25) is 0 Å². The maximum atomic E-state index is 12.3. The number of H-pyrrole nitrogens is 2. The Balaban J connectivity index is 0.000000203. The maximum absolute atomic E-state index is 12.3. The van der Waals surface area contributed by atoms with Gasteiger partial charge in [0.15, 0.2) is 0 Å². The molecule has 2 aromatic heterocycles. The van der Waals surface area contributed by atoms with E-state index < -0.39 is 5.60 Å². The van der Waals surface area contributed by atoms with E-state index in [4.69, 9.17) is 4.74 Å². The van der Waals surface area contributed by atoms with Gasteiger partial charge in [-0.1, -0.05) is 60.7 Å². The van der Waals surface area contributed by atoms with Crippen molar-refractivity contribution in [3.05, 3.63) is 120 Å². The third-order valence-corrected chi connectivity index (χ3v) is 9.46. The van der Waals surface area contributed by atoms with E-state index in [0.29, 0.717) is 13.1 Å².